The molecule has 1 aliphatic rings. The lowest BCUT2D eigenvalue weighted by Crippen LogP contribution is -2.24. The van der Waals surface area contributed by atoms with Gasteiger partial charge in [0.15, 0.2) is 0 Å². The van der Waals surface area contributed by atoms with Crippen molar-refractivity contribution in [2.45, 2.75) is 77.2 Å². The molecule has 0 spiro atoms. The molecule has 1 aliphatic carbocycles. The number of rotatable bonds is 12. The summed E-state index contributed by atoms with van der Waals surface area (Å²) >= 11 is 0. The van der Waals surface area contributed by atoms with Crippen LogP contribution >= 0.6 is 0 Å². The minimum Gasteiger partial charge on any atom is -0.310 e. The molecule has 1 N–H and O–H groups in total. The van der Waals surface area contributed by atoms with Crippen LogP contribution in [0.15, 0.2) is 30.3 Å². The molecule has 1 saturated carbocycles. The standard InChI is InChI=1S/C20H33N/c1-2-3-4-5-6-7-8-12-17-21-20(19-15-16-19)18-13-10-9-11-14-18/h9-11,13-14,19-21H,2-8,12,15-17H2,1H3. The molecule has 1 aromatic carbocycles. The molecule has 0 aromatic heterocycles. The second kappa shape index (κ2) is 10.00. The van der Waals surface area contributed by atoms with Gasteiger partial charge in [-0.2, -0.15) is 0 Å². The molecule has 1 atom stereocenters. The average Bonchev–Trinajstić information content (AvgIpc) is 3.35. The van der Waals surface area contributed by atoms with E-state index in [1.165, 1.54) is 76.3 Å². The summed E-state index contributed by atoms with van der Waals surface area (Å²) in [6, 6.07) is 11.6. The topological polar surface area (TPSA) is 12.0 Å². The summed E-state index contributed by atoms with van der Waals surface area (Å²) in [5.41, 5.74) is 1.49. The van der Waals surface area contributed by atoms with E-state index in [4.69, 9.17) is 0 Å². The predicted molar refractivity (Wildman–Crippen MR) is 92.5 cm³/mol. The van der Waals surface area contributed by atoms with E-state index in [-0.39, 0.29) is 0 Å². The van der Waals surface area contributed by atoms with Gasteiger partial charge in [0, 0.05) is 6.04 Å². The van der Waals surface area contributed by atoms with Gasteiger partial charge in [-0.05, 0) is 37.3 Å². The largest absolute Gasteiger partial charge is 0.310 e. The second-order valence-corrected chi connectivity index (χ2v) is 6.65. The maximum Gasteiger partial charge on any atom is 0.0348 e. The van der Waals surface area contributed by atoms with Crippen molar-refractivity contribution in [3.05, 3.63) is 35.9 Å². The Bertz CT molecular complexity index is 355. The molecule has 0 radical (unpaired) electrons. The Morgan fingerprint density at radius 1 is 0.905 bits per heavy atom. The van der Waals surface area contributed by atoms with Gasteiger partial charge in [0.2, 0.25) is 0 Å². The highest BCUT2D eigenvalue weighted by Gasteiger charge is 2.31. The summed E-state index contributed by atoms with van der Waals surface area (Å²) in [7, 11) is 0. The Labute approximate surface area is 131 Å². The van der Waals surface area contributed by atoms with E-state index < -0.39 is 0 Å². The van der Waals surface area contributed by atoms with Crippen LogP contribution in [0.4, 0.5) is 0 Å². The van der Waals surface area contributed by atoms with Gasteiger partial charge in [-0.1, -0.05) is 82.2 Å². The highest BCUT2D eigenvalue weighted by Crippen LogP contribution is 2.40. The molecule has 1 aromatic rings. The van der Waals surface area contributed by atoms with Crippen molar-refractivity contribution < 1.29 is 0 Å². The zero-order valence-electron chi connectivity index (χ0n) is 13.8. The zero-order chi connectivity index (χ0) is 14.8. The van der Waals surface area contributed by atoms with E-state index in [9.17, 15) is 0 Å². The van der Waals surface area contributed by atoms with Crippen LogP contribution in [0.25, 0.3) is 0 Å². The fourth-order valence-corrected chi connectivity index (χ4v) is 3.16. The minimum atomic E-state index is 0.607. The van der Waals surface area contributed by atoms with Crippen LogP contribution in [0.1, 0.15) is 82.7 Å². The highest BCUT2D eigenvalue weighted by molar-refractivity contribution is 5.21. The summed E-state index contributed by atoms with van der Waals surface area (Å²) in [5.74, 6) is 0.890. The van der Waals surface area contributed by atoms with E-state index in [0.29, 0.717) is 6.04 Å². The maximum atomic E-state index is 3.81. The molecule has 2 rings (SSSR count). The van der Waals surface area contributed by atoms with Gasteiger partial charge < -0.3 is 5.32 Å². The maximum absolute atomic E-state index is 3.81. The molecular formula is C20H33N. The average molecular weight is 287 g/mol. The Morgan fingerprint density at radius 3 is 2.14 bits per heavy atom. The molecule has 0 aliphatic heterocycles. The summed E-state index contributed by atoms with van der Waals surface area (Å²) in [5, 5.41) is 3.81. The third-order valence-electron chi connectivity index (χ3n) is 4.65. The van der Waals surface area contributed by atoms with Crippen molar-refractivity contribution in [3.8, 4) is 0 Å². The summed E-state index contributed by atoms with van der Waals surface area (Å²) < 4.78 is 0. The third kappa shape index (κ3) is 6.65. The van der Waals surface area contributed by atoms with Crippen LogP contribution in [0.3, 0.4) is 0 Å². The van der Waals surface area contributed by atoms with Crippen LogP contribution in [0.2, 0.25) is 0 Å². The zero-order valence-corrected chi connectivity index (χ0v) is 13.8. The minimum absolute atomic E-state index is 0.607. The van der Waals surface area contributed by atoms with Crippen LogP contribution in [-0.4, -0.2) is 6.54 Å². The summed E-state index contributed by atoms with van der Waals surface area (Å²) in [6.45, 7) is 3.47. The van der Waals surface area contributed by atoms with Crippen molar-refractivity contribution >= 4 is 0 Å². The van der Waals surface area contributed by atoms with Gasteiger partial charge in [0.05, 0.1) is 0 Å². The highest BCUT2D eigenvalue weighted by atomic mass is 14.9. The first-order valence-corrected chi connectivity index (χ1v) is 9.20. The molecule has 1 nitrogen and oxygen atoms in total. The van der Waals surface area contributed by atoms with E-state index >= 15 is 0 Å². The predicted octanol–water partition coefficient (Wildman–Crippen LogP) is 5.87. The molecule has 0 amide bonds. The molecule has 1 unspecified atom stereocenters. The first-order chi connectivity index (χ1) is 10.4. The fourth-order valence-electron chi connectivity index (χ4n) is 3.16. The van der Waals surface area contributed by atoms with E-state index in [1.54, 1.807) is 0 Å². The Morgan fingerprint density at radius 2 is 1.52 bits per heavy atom. The smallest absolute Gasteiger partial charge is 0.0348 e. The summed E-state index contributed by atoms with van der Waals surface area (Å²) in [4.78, 5) is 0. The third-order valence-corrected chi connectivity index (χ3v) is 4.65. The Kier molecular flexibility index (Phi) is 7.88. The number of unbranched alkanes of at least 4 members (excludes halogenated alkanes) is 7. The lowest BCUT2D eigenvalue weighted by molar-refractivity contribution is 0.463. The number of nitrogens with one attached hydrogen (secondary N) is 1. The van der Waals surface area contributed by atoms with Crippen LogP contribution in [0, 0.1) is 5.92 Å². The molecule has 0 saturated heterocycles. The molecular weight excluding hydrogens is 254 g/mol. The van der Waals surface area contributed by atoms with Crippen molar-refractivity contribution in [1.82, 2.24) is 5.32 Å². The van der Waals surface area contributed by atoms with Gasteiger partial charge in [0.1, 0.15) is 0 Å². The fraction of sp³-hybridized carbons (Fsp3) is 0.700. The van der Waals surface area contributed by atoms with E-state index in [2.05, 4.69) is 42.6 Å². The molecule has 21 heavy (non-hydrogen) atoms. The van der Waals surface area contributed by atoms with E-state index in [0.717, 1.165) is 5.92 Å². The molecule has 0 heterocycles. The van der Waals surface area contributed by atoms with Crippen molar-refractivity contribution in [2.24, 2.45) is 5.92 Å². The lowest BCUT2D eigenvalue weighted by Gasteiger charge is -2.18. The van der Waals surface area contributed by atoms with Gasteiger partial charge in [-0.3, -0.25) is 0 Å². The first-order valence-electron chi connectivity index (χ1n) is 9.20. The lowest BCUT2D eigenvalue weighted by atomic mass is 10.0. The number of hydrogen-bond acceptors (Lipinski definition) is 1. The van der Waals surface area contributed by atoms with Crippen molar-refractivity contribution in [3.63, 3.8) is 0 Å². The van der Waals surface area contributed by atoms with Crippen LogP contribution < -0.4 is 5.32 Å². The van der Waals surface area contributed by atoms with E-state index in [1.807, 2.05) is 0 Å². The quantitative estimate of drug-likeness (QED) is 0.474. The summed E-state index contributed by atoms with van der Waals surface area (Å²) in [6.07, 6.45) is 14.1. The van der Waals surface area contributed by atoms with Crippen molar-refractivity contribution in [1.29, 1.82) is 0 Å². The Balaban J connectivity index is 1.54. The SMILES string of the molecule is CCCCCCCCCCNC(c1ccccc1)C1CC1. The Hall–Kier alpha value is -0.820. The van der Waals surface area contributed by atoms with Gasteiger partial charge in [-0.15, -0.1) is 0 Å². The first kappa shape index (κ1) is 16.5. The van der Waals surface area contributed by atoms with Gasteiger partial charge >= 0.3 is 0 Å². The van der Waals surface area contributed by atoms with Gasteiger partial charge in [0.25, 0.3) is 0 Å². The van der Waals surface area contributed by atoms with Crippen LogP contribution in [-0.2, 0) is 0 Å². The number of hydrogen-bond donors (Lipinski definition) is 1. The molecule has 1 heteroatoms. The molecule has 0 bridgehead atoms. The number of benzene rings is 1. The molecule has 118 valence electrons. The molecule has 1 fully saturated rings. The monoisotopic (exact) mass is 287 g/mol. The normalized spacial score (nSPS) is 16.0. The van der Waals surface area contributed by atoms with Gasteiger partial charge in [-0.25, -0.2) is 0 Å². The second-order valence-electron chi connectivity index (χ2n) is 6.65. The van der Waals surface area contributed by atoms with Crippen molar-refractivity contribution in [2.75, 3.05) is 6.54 Å². The van der Waals surface area contributed by atoms with Crippen LogP contribution in [0.5, 0.6) is 0 Å².